The van der Waals surface area contributed by atoms with Crippen molar-refractivity contribution >= 4 is 17.2 Å². The quantitative estimate of drug-likeness (QED) is 0.467. The van der Waals surface area contributed by atoms with Crippen LogP contribution >= 0.6 is 11.3 Å². The van der Waals surface area contributed by atoms with Gasteiger partial charge in [-0.2, -0.15) is 16.3 Å². The van der Waals surface area contributed by atoms with E-state index in [9.17, 15) is 4.79 Å². The maximum Gasteiger partial charge on any atom is 0.227 e. The first-order chi connectivity index (χ1) is 14.6. The molecule has 0 saturated heterocycles. The van der Waals surface area contributed by atoms with E-state index in [-0.39, 0.29) is 18.4 Å². The third-order valence-electron chi connectivity index (χ3n) is 4.68. The second kappa shape index (κ2) is 8.91. The van der Waals surface area contributed by atoms with E-state index < -0.39 is 0 Å². The van der Waals surface area contributed by atoms with E-state index in [1.807, 2.05) is 58.9 Å². The average molecular weight is 423 g/mol. The van der Waals surface area contributed by atoms with Gasteiger partial charge in [0.1, 0.15) is 17.6 Å². The summed E-state index contributed by atoms with van der Waals surface area (Å²) in [6, 6.07) is 9.11. The second-order valence-electron chi connectivity index (χ2n) is 6.69. The number of aryl methyl sites for hydroxylation is 2. The molecule has 0 aliphatic heterocycles. The highest BCUT2D eigenvalue weighted by atomic mass is 32.1. The van der Waals surface area contributed by atoms with E-state index in [0.29, 0.717) is 18.1 Å². The van der Waals surface area contributed by atoms with E-state index in [1.165, 1.54) is 0 Å². The molecular formula is C21H21N5O3S. The molecule has 3 heterocycles. The van der Waals surface area contributed by atoms with E-state index >= 15 is 0 Å². The summed E-state index contributed by atoms with van der Waals surface area (Å²) in [5.74, 6) is 2.33. The first-order valence-corrected chi connectivity index (χ1v) is 10.3. The Hall–Kier alpha value is -3.46. The molecule has 0 spiro atoms. The van der Waals surface area contributed by atoms with Gasteiger partial charge < -0.3 is 19.1 Å². The van der Waals surface area contributed by atoms with Crippen LogP contribution < -0.4 is 10.1 Å². The van der Waals surface area contributed by atoms with Crippen LogP contribution in [0.5, 0.6) is 5.75 Å². The summed E-state index contributed by atoms with van der Waals surface area (Å²) in [7, 11) is 3.52. The number of carbonyl (C=O) groups is 1. The molecule has 0 unspecified atom stereocenters. The molecule has 1 amide bonds. The SMILES string of the molecule is COc1ccc([C@H](NC(=O)CCc2nc(-c3ccsc3)no2)c2nccn2C)cc1. The zero-order valence-corrected chi connectivity index (χ0v) is 17.4. The molecule has 0 aliphatic carbocycles. The van der Waals surface area contributed by atoms with Crippen LogP contribution in [0, 0.1) is 0 Å². The van der Waals surface area contributed by atoms with Crippen LogP contribution in [-0.4, -0.2) is 32.7 Å². The number of benzene rings is 1. The van der Waals surface area contributed by atoms with Gasteiger partial charge in [0.2, 0.25) is 17.6 Å². The number of hydrogen-bond acceptors (Lipinski definition) is 7. The first-order valence-electron chi connectivity index (χ1n) is 9.39. The summed E-state index contributed by atoms with van der Waals surface area (Å²) < 4.78 is 12.4. The van der Waals surface area contributed by atoms with Crippen LogP contribution in [0.1, 0.15) is 29.7 Å². The van der Waals surface area contributed by atoms with Crippen LogP contribution in [0.15, 0.2) is 58.0 Å². The molecule has 0 saturated carbocycles. The molecule has 0 fully saturated rings. The molecule has 1 N–H and O–H groups in total. The molecule has 4 aromatic rings. The molecular weight excluding hydrogens is 402 g/mol. The summed E-state index contributed by atoms with van der Waals surface area (Å²) in [6.45, 7) is 0. The number of rotatable bonds is 8. The summed E-state index contributed by atoms with van der Waals surface area (Å²) >= 11 is 1.57. The number of imidazole rings is 1. The van der Waals surface area contributed by atoms with Gasteiger partial charge in [0.15, 0.2) is 0 Å². The van der Waals surface area contributed by atoms with E-state index in [2.05, 4.69) is 20.4 Å². The van der Waals surface area contributed by atoms with Crippen molar-refractivity contribution in [2.45, 2.75) is 18.9 Å². The highest BCUT2D eigenvalue weighted by molar-refractivity contribution is 7.08. The minimum Gasteiger partial charge on any atom is -0.497 e. The molecule has 1 atom stereocenters. The Kier molecular flexibility index (Phi) is 5.89. The van der Waals surface area contributed by atoms with Crippen molar-refractivity contribution in [3.63, 3.8) is 0 Å². The lowest BCUT2D eigenvalue weighted by molar-refractivity contribution is -0.121. The number of aromatic nitrogens is 4. The van der Waals surface area contributed by atoms with Crippen molar-refractivity contribution in [2.75, 3.05) is 7.11 Å². The van der Waals surface area contributed by atoms with Gasteiger partial charge in [0.05, 0.1) is 7.11 Å². The normalized spacial score (nSPS) is 11.9. The molecule has 0 radical (unpaired) electrons. The predicted molar refractivity (Wildman–Crippen MR) is 112 cm³/mol. The summed E-state index contributed by atoms with van der Waals surface area (Å²) in [5.41, 5.74) is 1.82. The Morgan fingerprint density at radius 1 is 1.30 bits per heavy atom. The van der Waals surface area contributed by atoms with E-state index in [4.69, 9.17) is 9.26 Å². The number of nitrogens with zero attached hydrogens (tertiary/aromatic N) is 4. The van der Waals surface area contributed by atoms with Crippen LogP contribution in [-0.2, 0) is 18.3 Å². The van der Waals surface area contributed by atoms with Crippen molar-refractivity contribution in [3.05, 3.63) is 70.8 Å². The first kappa shape index (κ1) is 19.8. The molecule has 30 heavy (non-hydrogen) atoms. The van der Waals surface area contributed by atoms with Gasteiger partial charge in [-0.3, -0.25) is 4.79 Å². The fourth-order valence-electron chi connectivity index (χ4n) is 3.07. The van der Waals surface area contributed by atoms with Crippen molar-refractivity contribution < 1.29 is 14.1 Å². The van der Waals surface area contributed by atoms with Crippen LogP contribution in [0.3, 0.4) is 0 Å². The zero-order valence-electron chi connectivity index (χ0n) is 16.6. The molecule has 154 valence electrons. The lowest BCUT2D eigenvalue weighted by Gasteiger charge is -2.19. The lowest BCUT2D eigenvalue weighted by Crippen LogP contribution is -2.31. The topological polar surface area (TPSA) is 95.1 Å². The maximum absolute atomic E-state index is 12.7. The third-order valence-corrected chi connectivity index (χ3v) is 5.37. The molecule has 8 nitrogen and oxygen atoms in total. The van der Waals surface area contributed by atoms with Crippen molar-refractivity contribution in [1.29, 1.82) is 0 Å². The molecule has 1 aromatic carbocycles. The number of ether oxygens (including phenoxy) is 1. The molecule has 3 aromatic heterocycles. The zero-order chi connectivity index (χ0) is 20.9. The van der Waals surface area contributed by atoms with E-state index in [1.54, 1.807) is 24.6 Å². The fraction of sp³-hybridized carbons (Fsp3) is 0.238. The summed E-state index contributed by atoms with van der Waals surface area (Å²) in [5, 5.41) is 11.0. The summed E-state index contributed by atoms with van der Waals surface area (Å²) in [6.07, 6.45) is 4.14. The Morgan fingerprint density at radius 3 is 2.80 bits per heavy atom. The van der Waals surface area contributed by atoms with Gasteiger partial charge >= 0.3 is 0 Å². The molecule has 0 bridgehead atoms. The largest absolute Gasteiger partial charge is 0.497 e. The minimum absolute atomic E-state index is 0.130. The molecule has 4 rings (SSSR count). The van der Waals surface area contributed by atoms with Gasteiger partial charge in [-0.05, 0) is 29.1 Å². The highest BCUT2D eigenvalue weighted by Gasteiger charge is 2.21. The number of hydrogen-bond donors (Lipinski definition) is 1. The molecule has 0 aliphatic rings. The second-order valence-corrected chi connectivity index (χ2v) is 7.47. The Labute approximate surface area is 177 Å². The predicted octanol–water partition coefficient (Wildman–Crippen LogP) is 3.38. The van der Waals surface area contributed by atoms with Crippen LogP contribution in [0.4, 0.5) is 0 Å². The smallest absolute Gasteiger partial charge is 0.227 e. The highest BCUT2D eigenvalue weighted by Crippen LogP contribution is 2.23. The van der Waals surface area contributed by atoms with Gasteiger partial charge in [0.25, 0.3) is 0 Å². The van der Waals surface area contributed by atoms with Crippen molar-refractivity contribution in [3.8, 4) is 17.1 Å². The minimum atomic E-state index is -0.382. The maximum atomic E-state index is 12.7. The Bertz CT molecular complexity index is 1100. The van der Waals surface area contributed by atoms with Gasteiger partial charge in [0, 0.05) is 43.2 Å². The molecule has 9 heteroatoms. The summed E-state index contributed by atoms with van der Waals surface area (Å²) in [4.78, 5) is 21.5. The fourth-order valence-corrected chi connectivity index (χ4v) is 3.70. The van der Waals surface area contributed by atoms with Gasteiger partial charge in [-0.15, -0.1) is 0 Å². The number of thiophene rings is 1. The standard InChI is InChI=1S/C21H21N5O3S/c1-26-11-10-22-21(26)19(14-3-5-16(28-2)6-4-14)23-17(27)7-8-18-24-20(25-29-18)15-9-12-30-13-15/h3-6,9-13,19H,7-8H2,1-2H3,(H,23,27)/t19-/m0/s1. The lowest BCUT2D eigenvalue weighted by atomic mass is 10.1. The third kappa shape index (κ3) is 4.41. The van der Waals surface area contributed by atoms with Crippen LogP contribution in [0.2, 0.25) is 0 Å². The van der Waals surface area contributed by atoms with Crippen LogP contribution in [0.25, 0.3) is 11.4 Å². The van der Waals surface area contributed by atoms with Gasteiger partial charge in [-0.1, -0.05) is 17.3 Å². The van der Waals surface area contributed by atoms with E-state index in [0.717, 1.165) is 22.7 Å². The van der Waals surface area contributed by atoms with Crippen molar-refractivity contribution in [1.82, 2.24) is 25.0 Å². The monoisotopic (exact) mass is 423 g/mol. The van der Waals surface area contributed by atoms with Gasteiger partial charge in [-0.25, -0.2) is 4.98 Å². The average Bonchev–Trinajstić information content (AvgIpc) is 3.52. The Morgan fingerprint density at radius 2 is 2.13 bits per heavy atom. The number of methoxy groups -OCH3 is 1. The number of amides is 1. The Balaban J connectivity index is 1.44. The van der Waals surface area contributed by atoms with Crippen molar-refractivity contribution in [2.24, 2.45) is 7.05 Å². The number of nitrogens with one attached hydrogen (secondary N) is 1. The number of carbonyl (C=O) groups excluding carboxylic acids is 1.